The van der Waals surface area contributed by atoms with Crippen molar-refractivity contribution < 1.29 is 19.2 Å². The molecule has 0 radical (unpaired) electrons. The van der Waals surface area contributed by atoms with Crippen molar-refractivity contribution in [2.75, 3.05) is 26.2 Å². The van der Waals surface area contributed by atoms with Gasteiger partial charge in [-0.3, -0.25) is 19.4 Å². The van der Waals surface area contributed by atoms with Crippen molar-refractivity contribution in [1.82, 2.24) is 20.4 Å². The molecule has 0 aliphatic carbocycles. The summed E-state index contributed by atoms with van der Waals surface area (Å²) in [6, 6.07) is 5.15. The molecule has 0 spiro atoms. The maximum atomic E-state index is 12.3. The number of nitrogens with zero attached hydrogens (tertiary/aromatic N) is 2. The zero-order valence-electron chi connectivity index (χ0n) is 11.7. The van der Waals surface area contributed by atoms with Gasteiger partial charge in [0.2, 0.25) is 0 Å². The second kappa shape index (κ2) is 5.47. The van der Waals surface area contributed by atoms with Crippen LogP contribution in [0.15, 0.2) is 24.3 Å². The molecule has 0 atom stereocenters. The van der Waals surface area contributed by atoms with Crippen LogP contribution in [0.2, 0.25) is 0 Å². The van der Waals surface area contributed by atoms with Crippen LogP contribution in [-0.2, 0) is 0 Å². The fourth-order valence-corrected chi connectivity index (χ4v) is 2.43. The van der Waals surface area contributed by atoms with E-state index in [1.807, 2.05) is 0 Å². The molecule has 2 saturated heterocycles. The van der Waals surface area contributed by atoms with E-state index in [0.717, 1.165) is 9.80 Å². The molecule has 6 amide bonds. The lowest BCUT2D eigenvalue weighted by Crippen LogP contribution is -2.35. The van der Waals surface area contributed by atoms with Gasteiger partial charge in [0.1, 0.15) is 0 Å². The number of nitrogens with one attached hydrogen (secondary N) is 2. The summed E-state index contributed by atoms with van der Waals surface area (Å²) in [5.41, 5.74) is 0.477. The van der Waals surface area contributed by atoms with Gasteiger partial charge >= 0.3 is 12.1 Å². The molecule has 2 fully saturated rings. The van der Waals surface area contributed by atoms with Gasteiger partial charge in [-0.15, -0.1) is 0 Å². The van der Waals surface area contributed by atoms with Gasteiger partial charge in [-0.1, -0.05) is 6.07 Å². The van der Waals surface area contributed by atoms with Gasteiger partial charge in [0, 0.05) is 37.3 Å². The molecule has 0 saturated carbocycles. The molecule has 0 aromatic heterocycles. The normalized spacial score (nSPS) is 17.5. The number of benzene rings is 1. The first kappa shape index (κ1) is 14.1. The average Bonchev–Trinajstić information content (AvgIpc) is 3.14. The van der Waals surface area contributed by atoms with Crippen molar-refractivity contribution in [2.45, 2.75) is 0 Å². The van der Waals surface area contributed by atoms with E-state index in [-0.39, 0.29) is 11.1 Å². The van der Waals surface area contributed by atoms with E-state index in [1.165, 1.54) is 18.2 Å². The quantitative estimate of drug-likeness (QED) is 0.804. The molecule has 22 heavy (non-hydrogen) atoms. The molecule has 2 N–H and O–H groups in total. The Bertz CT molecular complexity index is 619. The first-order chi connectivity index (χ1) is 10.6. The molecule has 2 aliphatic heterocycles. The van der Waals surface area contributed by atoms with Crippen LogP contribution in [-0.4, -0.2) is 59.9 Å². The fourth-order valence-electron chi connectivity index (χ4n) is 2.43. The standard InChI is InChI=1S/C14H14N4O4/c19-11(17-6-4-15-13(17)21)9-2-1-3-10(8-9)12(20)18-7-5-16-14(18)22/h1-3,8H,4-7H2,(H,15,21)(H,16,22). The Hall–Kier alpha value is -2.90. The van der Waals surface area contributed by atoms with E-state index in [9.17, 15) is 19.2 Å². The van der Waals surface area contributed by atoms with Gasteiger partial charge in [-0.25, -0.2) is 9.59 Å². The highest BCUT2D eigenvalue weighted by Gasteiger charge is 2.29. The summed E-state index contributed by atoms with van der Waals surface area (Å²) in [6.45, 7) is 1.42. The second-order valence-corrected chi connectivity index (χ2v) is 4.96. The maximum absolute atomic E-state index is 12.3. The predicted molar refractivity (Wildman–Crippen MR) is 75.3 cm³/mol. The van der Waals surface area contributed by atoms with E-state index in [4.69, 9.17) is 0 Å². The highest BCUT2D eigenvalue weighted by molar-refractivity contribution is 6.08. The molecule has 1 aromatic rings. The van der Waals surface area contributed by atoms with Crippen LogP contribution in [0.5, 0.6) is 0 Å². The lowest BCUT2D eigenvalue weighted by molar-refractivity contribution is 0.0827. The van der Waals surface area contributed by atoms with Crippen LogP contribution in [0.25, 0.3) is 0 Å². The third-order valence-corrected chi connectivity index (χ3v) is 3.56. The fraction of sp³-hybridized carbons (Fsp3) is 0.286. The minimum absolute atomic E-state index is 0.238. The Morgan fingerprint density at radius 1 is 0.864 bits per heavy atom. The first-order valence-corrected chi connectivity index (χ1v) is 6.87. The minimum atomic E-state index is -0.462. The third-order valence-electron chi connectivity index (χ3n) is 3.56. The molecule has 1 aromatic carbocycles. The molecule has 3 rings (SSSR count). The third kappa shape index (κ3) is 2.39. The molecular formula is C14H14N4O4. The Labute approximate surface area is 126 Å². The van der Waals surface area contributed by atoms with Gasteiger partial charge in [-0.05, 0) is 18.2 Å². The second-order valence-electron chi connectivity index (χ2n) is 4.96. The molecule has 114 valence electrons. The zero-order valence-corrected chi connectivity index (χ0v) is 11.7. The number of rotatable bonds is 2. The van der Waals surface area contributed by atoms with Crippen molar-refractivity contribution in [2.24, 2.45) is 0 Å². The van der Waals surface area contributed by atoms with Crippen molar-refractivity contribution in [3.63, 3.8) is 0 Å². The molecule has 0 bridgehead atoms. The summed E-state index contributed by atoms with van der Waals surface area (Å²) in [5, 5.41) is 5.09. The summed E-state index contributed by atoms with van der Waals surface area (Å²) in [5.74, 6) is -0.925. The Kier molecular flexibility index (Phi) is 3.50. The lowest BCUT2D eigenvalue weighted by Gasteiger charge is -2.14. The summed E-state index contributed by atoms with van der Waals surface area (Å²) in [6.07, 6.45) is 0. The van der Waals surface area contributed by atoms with Gasteiger partial charge < -0.3 is 10.6 Å². The number of carbonyl (C=O) groups is 4. The number of amides is 6. The van der Waals surface area contributed by atoms with E-state index in [1.54, 1.807) is 6.07 Å². The van der Waals surface area contributed by atoms with Crippen LogP contribution >= 0.6 is 0 Å². The molecule has 8 heteroatoms. The first-order valence-electron chi connectivity index (χ1n) is 6.87. The van der Waals surface area contributed by atoms with Crippen molar-refractivity contribution >= 4 is 23.9 Å². The number of urea groups is 2. The molecule has 0 unspecified atom stereocenters. The average molecular weight is 302 g/mol. The predicted octanol–water partition coefficient (Wildman–Crippen LogP) is 0.0174. The van der Waals surface area contributed by atoms with E-state index in [2.05, 4.69) is 10.6 Å². The smallest absolute Gasteiger partial charge is 0.324 e. The number of hydrogen-bond donors (Lipinski definition) is 2. The number of imide groups is 2. The molecule has 2 aliphatic rings. The minimum Gasteiger partial charge on any atom is -0.336 e. The van der Waals surface area contributed by atoms with Crippen LogP contribution in [0.1, 0.15) is 20.7 Å². The topological polar surface area (TPSA) is 98.8 Å². The van der Waals surface area contributed by atoms with E-state index in [0.29, 0.717) is 26.2 Å². The lowest BCUT2D eigenvalue weighted by atomic mass is 10.1. The van der Waals surface area contributed by atoms with Crippen molar-refractivity contribution in [3.05, 3.63) is 35.4 Å². The highest BCUT2D eigenvalue weighted by atomic mass is 16.2. The number of hydrogen-bond acceptors (Lipinski definition) is 4. The van der Waals surface area contributed by atoms with Gasteiger partial charge in [0.25, 0.3) is 11.8 Å². The van der Waals surface area contributed by atoms with Crippen LogP contribution in [0.3, 0.4) is 0 Å². The summed E-state index contributed by atoms with van der Waals surface area (Å²) < 4.78 is 0. The molecule has 8 nitrogen and oxygen atoms in total. The Balaban J connectivity index is 1.83. The number of carbonyl (C=O) groups excluding carboxylic acids is 4. The van der Waals surface area contributed by atoms with Crippen LogP contribution in [0.4, 0.5) is 9.59 Å². The maximum Gasteiger partial charge on any atom is 0.324 e. The van der Waals surface area contributed by atoms with Crippen LogP contribution < -0.4 is 10.6 Å². The zero-order chi connectivity index (χ0) is 15.7. The van der Waals surface area contributed by atoms with Gasteiger partial charge in [0.15, 0.2) is 0 Å². The summed E-state index contributed by atoms with van der Waals surface area (Å²) >= 11 is 0. The SMILES string of the molecule is O=C1NCCN1C(=O)c1cccc(C(=O)N2CCNC2=O)c1. The van der Waals surface area contributed by atoms with Crippen molar-refractivity contribution in [3.8, 4) is 0 Å². The van der Waals surface area contributed by atoms with Gasteiger partial charge in [-0.2, -0.15) is 0 Å². The monoisotopic (exact) mass is 302 g/mol. The summed E-state index contributed by atoms with van der Waals surface area (Å²) in [7, 11) is 0. The highest BCUT2D eigenvalue weighted by Crippen LogP contribution is 2.13. The molecular weight excluding hydrogens is 288 g/mol. The Morgan fingerprint density at radius 3 is 1.68 bits per heavy atom. The summed E-state index contributed by atoms with van der Waals surface area (Å²) in [4.78, 5) is 49.8. The van der Waals surface area contributed by atoms with Crippen LogP contribution in [0, 0.1) is 0 Å². The van der Waals surface area contributed by atoms with E-state index >= 15 is 0 Å². The van der Waals surface area contributed by atoms with Gasteiger partial charge in [0.05, 0.1) is 0 Å². The van der Waals surface area contributed by atoms with Crippen molar-refractivity contribution in [1.29, 1.82) is 0 Å². The molecule has 2 heterocycles. The van der Waals surface area contributed by atoms with E-state index < -0.39 is 23.9 Å². The Morgan fingerprint density at radius 2 is 1.32 bits per heavy atom. The largest absolute Gasteiger partial charge is 0.336 e.